The molecule has 114 valence electrons. The molecule has 0 aromatic heterocycles. The third-order valence-corrected chi connectivity index (χ3v) is 4.00. The second-order valence-electron chi connectivity index (χ2n) is 7.39. The Morgan fingerprint density at radius 3 is 2.38 bits per heavy atom. The molecule has 2 atom stereocenters. The molecule has 2 aromatic carbocycles. The number of hydrogen-bond donors (Lipinski definition) is 2. The first-order valence-corrected chi connectivity index (χ1v) is 7.84. The third kappa shape index (κ3) is 4.29. The lowest BCUT2D eigenvalue weighted by atomic mass is 9.81. The van der Waals surface area contributed by atoms with Crippen LogP contribution in [0.2, 0.25) is 0 Å². The average molecular weight is 284 g/mol. The highest BCUT2D eigenvalue weighted by Crippen LogP contribution is 2.32. The molecule has 0 saturated heterocycles. The highest BCUT2D eigenvalue weighted by Gasteiger charge is 2.20. The predicted octanol–water partition coefficient (Wildman–Crippen LogP) is 4.81. The molecule has 0 saturated carbocycles. The summed E-state index contributed by atoms with van der Waals surface area (Å²) in [7, 11) is 0. The maximum atomic E-state index is 5.86. The van der Waals surface area contributed by atoms with Gasteiger partial charge in [-0.2, -0.15) is 0 Å². The van der Waals surface area contributed by atoms with Crippen LogP contribution < -0.4 is 11.3 Å². The van der Waals surface area contributed by atoms with Crippen molar-refractivity contribution in [2.24, 2.45) is 17.2 Å². The summed E-state index contributed by atoms with van der Waals surface area (Å²) in [6.07, 6.45) is 2.26. The summed E-state index contributed by atoms with van der Waals surface area (Å²) in [5.74, 6) is 6.49. The molecule has 2 unspecified atom stereocenters. The summed E-state index contributed by atoms with van der Waals surface area (Å²) in [5, 5.41) is 2.57. The van der Waals surface area contributed by atoms with E-state index in [4.69, 9.17) is 5.84 Å². The molecular weight excluding hydrogens is 256 g/mol. The second kappa shape index (κ2) is 6.59. The highest BCUT2D eigenvalue weighted by molar-refractivity contribution is 5.86. The summed E-state index contributed by atoms with van der Waals surface area (Å²) >= 11 is 0. The van der Waals surface area contributed by atoms with Crippen molar-refractivity contribution in [3.8, 4) is 0 Å². The van der Waals surface area contributed by atoms with Gasteiger partial charge in [0.15, 0.2) is 0 Å². The zero-order chi connectivity index (χ0) is 15.5. The number of nitrogens with two attached hydrogens (primary N) is 1. The quantitative estimate of drug-likeness (QED) is 0.611. The lowest BCUT2D eigenvalue weighted by molar-refractivity contribution is 0.276. The predicted molar refractivity (Wildman–Crippen MR) is 91.9 cm³/mol. The fourth-order valence-corrected chi connectivity index (χ4v) is 3.37. The van der Waals surface area contributed by atoms with Crippen molar-refractivity contribution in [1.82, 2.24) is 5.43 Å². The molecular formula is C19H28N2. The van der Waals surface area contributed by atoms with Crippen LogP contribution in [0, 0.1) is 11.3 Å². The molecule has 0 spiro atoms. The van der Waals surface area contributed by atoms with Crippen molar-refractivity contribution < 1.29 is 0 Å². The normalized spacial score (nSPS) is 15.1. The van der Waals surface area contributed by atoms with Crippen LogP contribution >= 0.6 is 0 Å². The Balaban J connectivity index is 2.24. The fourth-order valence-electron chi connectivity index (χ4n) is 3.37. The Morgan fingerprint density at radius 2 is 1.71 bits per heavy atom. The SMILES string of the molecule is CC(CC(NN)c1cccc2ccccc12)CC(C)(C)C. The van der Waals surface area contributed by atoms with Crippen LogP contribution in [0.25, 0.3) is 10.8 Å². The first-order chi connectivity index (χ1) is 9.90. The molecule has 0 heterocycles. The van der Waals surface area contributed by atoms with Gasteiger partial charge in [-0.1, -0.05) is 70.2 Å². The molecule has 21 heavy (non-hydrogen) atoms. The van der Waals surface area contributed by atoms with Gasteiger partial charge in [-0.25, -0.2) is 0 Å². The van der Waals surface area contributed by atoms with Gasteiger partial charge < -0.3 is 0 Å². The third-order valence-electron chi connectivity index (χ3n) is 4.00. The van der Waals surface area contributed by atoms with Crippen LogP contribution in [0.3, 0.4) is 0 Å². The lowest BCUT2D eigenvalue weighted by Gasteiger charge is -2.27. The van der Waals surface area contributed by atoms with E-state index >= 15 is 0 Å². The van der Waals surface area contributed by atoms with E-state index in [0.29, 0.717) is 11.3 Å². The van der Waals surface area contributed by atoms with Gasteiger partial charge in [0.1, 0.15) is 0 Å². The van der Waals surface area contributed by atoms with E-state index in [0.717, 1.165) is 6.42 Å². The molecule has 0 aliphatic carbocycles. The van der Waals surface area contributed by atoms with E-state index in [9.17, 15) is 0 Å². The number of benzene rings is 2. The fraction of sp³-hybridized carbons (Fsp3) is 0.474. The molecule has 2 rings (SSSR count). The van der Waals surface area contributed by atoms with E-state index in [-0.39, 0.29) is 6.04 Å². The minimum Gasteiger partial charge on any atom is -0.271 e. The topological polar surface area (TPSA) is 38.0 Å². The monoisotopic (exact) mass is 284 g/mol. The summed E-state index contributed by atoms with van der Waals surface area (Å²) in [6.45, 7) is 9.21. The first-order valence-electron chi connectivity index (χ1n) is 7.84. The largest absolute Gasteiger partial charge is 0.271 e. The number of rotatable bonds is 5. The molecule has 0 bridgehead atoms. The lowest BCUT2D eigenvalue weighted by Crippen LogP contribution is -2.30. The van der Waals surface area contributed by atoms with E-state index in [1.807, 2.05) is 0 Å². The van der Waals surface area contributed by atoms with Gasteiger partial charge in [-0.3, -0.25) is 11.3 Å². The number of fused-ring (bicyclic) bond motifs is 1. The summed E-state index contributed by atoms with van der Waals surface area (Å²) in [6, 6.07) is 15.2. The van der Waals surface area contributed by atoms with E-state index < -0.39 is 0 Å². The standard InChI is InChI=1S/C19H28N2/c1-14(13-19(2,3)4)12-18(21-20)17-11-7-9-15-8-5-6-10-16(15)17/h5-11,14,18,21H,12-13,20H2,1-4H3. The van der Waals surface area contributed by atoms with Gasteiger partial charge in [0.05, 0.1) is 0 Å². The maximum absolute atomic E-state index is 5.86. The molecule has 2 aromatic rings. The first kappa shape index (κ1) is 16.0. The molecule has 0 amide bonds. The van der Waals surface area contributed by atoms with E-state index in [2.05, 4.69) is 75.6 Å². The zero-order valence-corrected chi connectivity index (χ0v) is 13.7. The van der Waals surface area contributed by atoms with Gasteiger partial charge in [0.2, 0.25) is 0 Å². The van der Waals surface area contributed by atoms with Crippen LogP contribution in [-0.2, 0) is 0 Å². The zero-order valence-electron chi connectivity index (χ0n) is 13.7. The summed E-state index contributed by atoms with van der Waals surface area (Å²) < 4.78 is 0. The Morgan fingerprint density at radius 1 is 1.05 bits per heavy atom. The minimum absolute atomic E-state index is 0.202. The number of nitrogens with one attached hydrogen (secondary N) is 1. The summed E-state index contributed by atoms with van der Waals surface area (Å²) in [5.41, 5.74) is 4.69. The number of hydrazine groups is 1. The van der Waals surface area contributed by atoms with Gasteiger partial charge in [-0.15, -0.1) is 0 Å². The van der Waals surface area contributed by atoms with E-state index in [1.165, 1.54) is 22.8 Å². The van der Waals surface area contributed by atoms with Crippen LogP contribution in [0.15, 0.2) is 42.5 Å². The van der Waals surface area contributed by atoms with Crippen molar-refractivity contribution >= 4 is 10.8 Å². The van der Waals surface area contributed by atoms with Crippen LogP contribution in [0.5, 0.6) is 0 Å². The molecule has 0 radical (unpaired) electrons. The summed E-state index contributed by atoms with van der Waals surface area (Å²) in [4.78, 5) is 0. The molecule has 2 nitrogen and oxygen atoms in total. The van der Waals surface area contributed by atoms with Crippen molar-refractivity contribution in [1.29, 1.82) is 0 Å². The molecule has 0 aliphatic heterocycles. The Labute approximate surface area is 128 Å². The van der Waals surface area contributed by atoms with Crippen LogP contribution in [-0.4, -0.2) is 0 Å². The van der Waals surface area contributed by atoms with Gasteiger partial charge in [0, 0.05) is 6.04 Å². The molecule has 0 fully saturated rings. The minimum atomic E-state index is 0.202. The van der Waals surface area contributed by atoms with Crippen LogP contribution in [0.4, 0.5) is 0 Å². The van der Waals surface area contributed by atoms with Crippen molar-refractivity contribution in [3.63, 3.8) is 0 Å². The molecule has 3 N–H and O–H groups in total. The van der Waals surface area contributed by atoms with Gasteiger partial charge in [-0.05, 0) is 40.5 Å². The van der Waals surface area contributed by atoms with Gasteiger partial charge in [0.25, 0.3) is 0 Å². The smallest absolute Gasteiger partial charge is 0.0468 e. The Kier molecular flexibility index (Phi) is 5.02. The van der Waals surface area contributed by atoms with Crippen LogP contribution in [0.1, 0.15) is 52.1 Å². The maximum Gasteiger partial charge on any atom is 0.0468 e. The molecule has 0 aliphatic rings. The second-order valence-corrected chi connectivity index (χ2v) is 7.39. The van der Waals surface area contributed by atoms with Crippen molar-refractivity contribution in [2.75, 3.05) is 0 Å². The van der Waals surface area contributed by atoms with Crippen molar-refractivity contribution in [2.45, 2.75) is 46.6 Å². The average Bonchev–Trinajstić information content (AvgIpc) is 2.42. The highest BCUT2D eigenvalue weighted by atomic mass is 15.2. The van der Waals surface area contributed by atoms with E-state index in [1.54, 1.807) is 0 Å². The Bertz CT molecular complexity index is 578. The van der Waals surface area contributed by atoms with Gasteiger partial charge >= 0.3 is 0 Å². The molecule has 2 heteroatoms. The van der Waals surface area contributed by atoms with Crippen molar-refractivity contribution in [3.05, 3.63) is 48.0 Å². The Hall–Kier alpha value is -1.38. The number of hydrogen-bond acceptors (Lipinski definition) is 2.